The van der Waals surface area contributed by atoms with Crippen molar-refractivity contribution >= 4 is 11.6 Å². The Labute approximate surface area is 110 Å². The largest absolute Gasteiger partial charge is 0.392 e. The van der Waals surface area contributed by atoms with Crippen molar-refractivity contribution in [3.63, 3.8) is 0 Å². The second kappa shape index (κ2) is 5.63. The summed E-state index contributed by atoms with van der Waals surface area (Å²) < 4.78 is 13.1. The van der Waals surface area contributed by atoms with E-state index in [1.165, 1.54) is 12.1 Å². The highest BCUT2D eigenvalue weighted by atomic mass is 19.1. The van der Waals surface area contributed by atoms with Crippen molar-refractivity contribution in [2.24, 2.45) is 0 Å². The smallest absolute Gasteiger partial charge is 0.255 e. The zero-order valence-corrected chi connectivity index (χ0v) is 10.5. The van der Waals surface area contributed by atoms with Gasteiger partial charge in [0.2, 0.25) is 0 Å². The molecule has 2 aromatic rings. The molecule has 0 saturated heterocycles. The summed E-state index contributed by atoms with van der Waals surface area (Å²) in [6.45, 7) is 1.58. The molecule has 0 radical (unpaired) electrons. The molecule has 0 aliphatic rings. The van der Waals surface area contributed by atoms with E-state index in [1.54, 1.807) is 37.3 Å². The molecule has 0 aromatic heterocycles. The molecule has 19 heavy (non-hydrogen) atoms. The minimum Gasteiger partial charge on any atom is -0.392 e. The van der Waals surface area contributed by atoms with E-state index in [0.29, 0.717) is 16.8 Å². The van der Waals surface area contributed by atoms with Crippen LogP contribution in [0.1, 0.15) is 21.5 Å². The van der Waals surface area contributed by atoms with Crippen molar-refractivity contribution in [2.45, 2.75) is 13.5 Å². The Hall–Kier alpha value is -2.20. The second-order valence-corrected chi connectivity index (χ2v) is 4.27. The van der Waals surface area contributed by atoms with E-state index in [2.05, 4.69) is 5.32 Å². The van der Waals surface area contributed by atoms with E-state index in [9.17, 15) is 9.18 Å². The highest BCUT2D eigenvalue weighted by molar-refractivity contribution is 6.04. The zero-order valence-electron chi connectivity index (χ0n) is 10.5. The molecule has 0 unspecified atom stereocenters. The van der Waals surface area contributed by atoms with Crippen LogP contribution >= 0.6 is 0 Å². The molecule has 3 nitrogen and oxygen atoms in total. The molecule has 0 aliphatic heterocycles. The van der Waals surface area contributed by atoms with E-state index >= 15 is 0 Å². The van der Waals surface area contributed by atoms with Gasteiger partial charge in [0, 0.05) is 11.3 Å². The Balaban J connectivity index is 2.13. The number of carbonyl (C=O) groups is 1. The van der Waals surface area contributed by atoms with Crippen molar-refractivity contribution in [3.8, 4) is 0 Å². The van der Waals surface area contributed by atoms with Crippen LogP contribution in [0.3, 0.4) is 0 Å². The molecule has 0 heterocycles. The average Bonchev–Trinajstić information content (AvgIpc) is 2.43. The van der Waals surface area contributed by atoms with Gasteiger partial charge in [0.15, 0.2) is 0 Å². The monoisotopic (exact) mass is 259 g/mol. The molecule has 0 fully saturated rings. The SMILES string of the molecule is Cc1cc(NC(=O)c2ccc(CO)cc2)ccc1F. The van der Waals surface area contributed by atoms with Crippen LogP contribution in [0.15, 0.2) is 42.5 Å². The van der Waals surface area contributed by atoms with Crippen molar-refractivity contribution in [1.29, 1.82) is 0 Å². The molecular formula is C15H14FNO2. The lowest BCUT2D eigenvalue weighted by atomic mass is 10.1. The maximum absolute atomic E-state index is 13.1. The van der Waals surface area contributed by atoms with Crippen molar-refractivity contribution in [1.82, 2.24) is 0 Å². The first-order valence-electron chi connectivity index (χ1n) is 5.87. The van der Waals surface area contributed by atoms with Crippen LogP contribution in [0.4, 0.5) is 10.1 Å². The van der Waals surface area contributed by atoms with Gasteiger partial charge in [-0.25, -0.2) is 4.39 Å². The number of halogens is 1. The van der Waals surface area contributed by atoms with Gasteiger partial charge in [-0.15, -0.1) is 0 Å². The summed E-state index contributed by atoms with van der Waals surface area (Å²) in [7, 11) is 0. The Morgan fingerprint density at radius 1 is 1.21 bits per heavy atom. The van der Waals surface area contributed by atoms with Crippen LogP contribution in [0.5, 0.6) is 0 Å². The minimum atomic E-state index is -0.301. The molecule has 2 aromatic carbocycles. The zero-order chi connectivity index (χ0) is 13.8. The number of benzene rings is 2. The van der Waals surface area contributed by atoms with Crippen molar-refractivity contribution < 1.29 is 14.3 Å². The maximum Gasteiger partial charge on any atom is 0.255 e. The summed E-state index contributed by atoms with van der Waals surface area (Å²) in [4.78, 5) is 11.9. The number of aryl methyl sites for hydroxylation is 1. The normalized spacial score (nSPS) is 10.3. The molecular weight excluding hydrogens is 245 g/mol. The summed E-state index contributed by atoms with van der Waals surface area (Å²) in [5, 5.41) is 11.6. The third-order valence-electron chi connectivity index (χ3n) is 2.81. The van der Waals surface area contributed by atoms with Gasteiger partial charge in [-0.3, -0.25) is 4.79 Å². The van der Waals surface area contributed by atoms with Crippen LogP contribution < -0.4 is 5.32 Å². The Bertz CT molecular complexity index is 594. The summed E-state index contributed by atoms with van der Waals surface area (Å²) in [6, 6.07) is 11.1. The third-order valence-corrected chi connectivity index (χ3v) is 2.81. The predicted octanol–water partition coefficient (Wildman–Crippen LogP) is 2.88. The Morgan fingerprint density at radius 3 is 2.47 bits per heavy atom. The topological polar surface area (TPSA) is 49.3 Å². The first-order chi connectivity index (χ1) is 9.10. The Morgan fingerprint density at radius 2 is 1.89 bits per heavy atom. The number of carbonyl (C=O) groups excluding carboxylic acids is 1. The number of nitrogens with one attached hydrogen (secondary N) is 1. The average molecular weight is 259 g/mol. The summed E-state index contributed by atoms with van der Waals surface area (Å²) in [6.07, 6.45) is 0. The summed E-state index contributed by atoms with van der Waals surface area (Å²) in [5.41, 5.74) is 2.26. The Kier molecular flexibility index (Phi) is 3.92. The van der Waals surface area contributed by atoms with Crippen molar-refractivity contribution in [3.05, 3.63) is 65.0 Å². The standard InChI is InChI=1S/C15H14FNO2/c1-10-8-13(6-7-14(10)16)17-15(19)12-4-2-11(9-18)3-5-12/h2-8,18H,9H2,1H3,(H,17,19). The number of hydrogen-bond donors (Lipinski definition) is 2. The lowest BCUT2D eigenvalue weighted by Gasteiger charge is -2.07. The molecule has 1 amide bonds. The van der Waals surface area contributed by atoms with Gasteiger partial charge in [0.1, 0.15) is 5.82 Å². The van der Waals surface area contributed by atoms with E-state index in [0.717, 1.165) is 5.56 Å². The summed E-state index contributed by atoms with van der Waals surface area (Å²) >= 11 is 0. The molecule has 2 N–H and O–H groups in total. The first-order valence-corrected chi connectivity index (χ1v) is 5.87. The third kappa shape index (κ3) is 3.17. The molecule has 98 valence electrons. The van der Waals surface area contributed by atoms with Gasteiger partial charge >= 0.3 is 0 Å². The quantitative estimate of drug-likeness (QED) is 0.890. The van der Waals surface area contributed by atoms with Gasteiger partial charge < -0.3 is 10.4 Å². The van der Waals surface area contributed by atoms with Gasteiger partial charge in [-0.05, 0) is 48.4 Å². The highest BCUT2D eigenvalue weighted by Gasteiger charge is 2.07. The lowest BCUT2D eigenvalue weighted by Crippen LogP contribution is -2.12. The number of hydrogen-bond acceptors (Lipinski definition) is 2. The number of aliphatic hydroxyl groups excluding tert-OH is 1. The fourth-order valence-electron chi connectivity index (χ4n) is 1.69. The fraction of sp³-hybridized carbons (Fsp3) is 0.133. The number of rotatable bonds is 3. The number of anilines is 1. The molecule has 0 bridgehead atoms. The van der Waals surface area contributed by atoms with E-state index < -0.39 is 0 Å². The van der Waals surface area contributed by atoms with Gasteiger partial charge in [0.25, 0.3) is 5.91 Å². The van der Waals surface area contributed by atoms with Crippen LogP contribution in [0, 0.1) is 12.7 Å². The van der Waals surface area contributed by atoms with E-state index in [-0.39, 0.29) is 18.3 Å². The molecule has 0 spiro atoms. The first kappa shape index (κ1) is 13.2. The highest BCUT2D eigenvalue weighted by Crippen LogP contribution is 2.15. The number of amides is 1. The number of aliphatic hydroxyl groups is 1. The van der Waals surface area contributed by atoms with E-state index in [4.69, 9.17) is 5.11 Å². The minimum absolute atomic E-state index is 0.0565. The van der Waals surface area contributed by atoms with Gasteiger partial charge in [-0.2, -0.15) is 0 Å². The molecule has 0 atom stereocenters. The fourth-order valence-corrected chi connectivity index (χ4v) is 1.69. The maximum atomic E-state index is 13.1. The molecule has 4 heteroatoms. The predicted molar refractivity (Wildman–Crippen MR) is 71.5 cm³/mol. The molecule has 2 rings (SSSR count). The van der Waals surface area contributed by atoms with Gasteiger partial charge in [0.05, 0.1) is 6.61 Å². The summed E-state index contributed by atoms with van der Waals surface area (Å²) in [5.74, 6) is -0.569. The second-order valence-electron chi connectivity index (χ2n) is 4.27. The molecule has 0 aliphatic carbocycles. The van der Waals surface area contributed by atoms with Crippen LogP contribution in [-0.4, -0.2) is 11.0 Å². The van der Waals surface area contributed by atoms with Crippen molar-refractivity contribution in [2.75, 3.05) is 5.32 Å². The van der Waals surface area contributed by atoms with Gasteiger partial charge in [-0.1, -0.05) is 12.1 Å². The van der Waals surface area contributed by atoms with E-state index in [1.807, 2.05) is 0 Å². The van der Waals surface area contributed by atoms with Crippen LogP contribution in [0.2, 0.25) is 0 Å². The molecule has 0 saturated carbocycles. The lowest BCUT2D eigenvalue weighted by molar-refractivity contribution is 0.102. The van der Waals surface area contributed by atoms with Crippen LogP contribution in [0.25, 0.3) is 0 Å². The van der Waals surface area contributed by atoms with Crippen LogP contribution in [-0.2, 0) is 6.61 Å².